The lowest BCUT2D eigenvalue weighted by Gasteiger charge is -2.23. The van der Waals surface area contributed by atoms with Gasteiger partial charge in [0.05, 0.1) is 6.10 Å². The maximum atomic E-state index is 10.4. The second-order valence-corrected chi connectivity index (χ2v) is 8.04. The number of benzene rings is 1. The third-order valence-corrected chi connectivity index (χ3v) is 4.35. The summed E-state index contributed by atoms with van der Waals surface area (Å²) in [5.41, 5.74) is 2.91. The van der Waals surface area contributed by atoms with Crippen LogP contribution < -0.4 is 0 Å². The Labute approximate surface area is 123 Å². The molecule has 2 heteroatoms. The normalized spacial score (nSPS) is 21.1. The number of hydrogen-bond donors (Lipinski definition) is 1. The van der Waals surface area contributed by atoms with E-state index in [-0.39, 0.29) is 11.5 Å². The van der Waals surface area contributed by atoms with Crippen molar-refractivity contribution in [2.24, 2.45) is 5.41 Å². The Morgan fingerprint density at radius 3 is 2.25 bits per heavy atom. The van der Waals surface area contributed by atoms with Gasteiger partial charge in [-0.3, -0.25) is 4.90 Å². The van der Waals surface area contributed by atoms with Crippen LogP contribution in [0.15, 0.2) is 24.3 Å². The van der Waals surface area contributed by atoms with Crippen molar-refractivity contribution in [2.45, 2.75) is 52.6 Å². The minimum absolute atomic E-state index is 0.169. The lowest BCUT2D eigenvalue weighted by Crippen LogP contribution is -2.28. The Hall–Kier alpha value is -0.860. The monoisotopic (exact) mass is 275 g/mol. The molecular weight excluding hydrogens is 246 g/mol. The summed E-state index contributed by atoms with van der Waals surface area (Å²) in [5.74, 6) is 0. The van der Waals surface area contributed by atoms with E-state index in [0.29, 0.717) is 5.41 Å². The molecule has 0 saturated carbocycles. The topological polar surface area (TPSA) is 23.5 Å². The van der Waals surface area contributed by atoms with Gasteiger partial charge in [0, 0.05) is 13.1 Å². The molecule has 0 amide bonds. The van der Waals surface area contributed by atoms with E-state index < -0.39 is 0 Å². The smallest absolute Gasteiger partial charge is 0.0916 e. The Morgan fingerprint density at radius 1 is 1.20 bits per heavy atom. The lowest BCUT2D eigenvalue weighted by atomic mass is 9.86. The number of aliphatic hydroxyl groups is 1. The largest absolute Gasteiger partial charge is 0.387 e. The van der Waals surface area contributed by atoms with E-state index in [1.54, 1.807) is 0 Å². The molecule has 2 nitrogen and oxygen atoms in total. The SMILES string of the molecule is CC1(C)CCN(CC(O)c2ccc(C(C)(C)C)cc2)C1. The van der Waals surface area contributed by atoms with E-state index in [1.807, 2.05) is 0 Å². The summed E-state index contributed by atoms with van der Waals surface area (Å²) in [6, 6.07) is 8.44. The van der Waals surface area contributed by atoms with E-state index in [0.717, 1.165) is 25.2 Å². The molecule has 0 bridgehead atoms. The van der Waals surface area contributed by atoms with Gasteiger partial charge in [0.1, 0.15) is 0 Å². The standard InChI is InChI=1S/C18H29NO/c1-17(2,3)15-8-6-14(7-9-15)16(20)12-19-11-10-18(4,5)13-19/h6-9,16,20H,10-13H2,1-5H3. The number of hydrogen-bond acceptors (Lipinski definition) is 2. The zero-order chi connectivity index (χ0) is 15.0. The molecule has 1 atom stereocenters. The average molecular weight is 275 g/mol. The fourth-order valence-corrected chi connectivity index (χ4v) is 2.94. The predicted molar refractivity (Wildman–Crippen MR) is 84.9 cm³/mol. The summed E-state index contributed by atoms with van der Waals surface area (Å²) >= 11 is 0. The molecule has 112 valence electrons. The van der Waals surface area contributed by atoms with Gasteiger partial charge in [-0.05, 0) is 34.9 Å². The van der Waals surface area contributed by atoms with Crippen LogP contribution in [-0.4, -0.2) is 29.6 Å². The molecule has 1 heterocycles. The molecule has 1 N–H and O–H groups in total. The van der Waals surface area contributed by atoms with E-state index >= 15 is 0 Å². The molecule has 1 fully saturated rings. The maximum absolute atomic E-state index is 10.4. The number of rotatable bonds is 3. The second-order valence-electron chi connectivity index (χ2n) is 8.04. The molecule has 0 radical (unpaired) electrons. The highest BCUT2D eigenvalue weighted by Gasteiger charge is 2.30. The Balaban J connectivity index is 1.98. The number of likely N-dealkylation sites (tertiary alicyclic amines) is 1. The van der Waals surface area contributed by atoms with Crippen molar-refractivity contribution in [1.29, 1.82) is 0 Å². The van der Waals surface area contributed by atoms with E-state index in [4.69, 9.17) is 0 Å². The fraction of sp³-hybridized carbons (Fsp3) is 0.667. The highest BCUT2D eigenvalue weighted by Crippen LogP contribution is 2.30. The van der Waals surface area contributed by atoms with Crippen LogP contribution in [0, 0.1) is 5.41 Å². The first kappa shape index (κ1) is 15.5. The molecule has 2 rings (SSSR count). The van der Waals surface area contributed by atoms with Crippen molar-refractivity contribution in [2.75, 3.05) is 19.6 Å². The summed E-state index contributed by atoms with van der Waals surface area (Å²) in [4.78, 5) is 2.38. The number of β-amino-alcohol motifs (C(OH)–C–C–N with tert-alkyl or cyclic N) is 1. The molecule has 0 aromatic heterocycles. The minimum Gasteiger partial charge on any atom is -0.387 e. The zero-order valence-corrected chi connectivity index (χ0v) is 13.6. The summed E-state index contributed by atoms with van der Waals surface area (Å²) < 4.78 is 0. The number of nitrogens with zero attached hydrogens (tertiary/aromatic N) is 1. The molecule has 1 aromatic carbocycles. The summed E-state index contributed by atoms with van der Waals surface area (Å²) in [5, 5.41) is 10.4. The van der Waals surface area contributed by atoms with Crippen LogP contribution in [0.4, 0.5) is 0 Å². The Bertz CT molecular complexity index is 441. The Kier molecular flexibility index (Phi) is 4.27. The van der Waals surface area contributed by atoms with Crippen LogP contribution in [0.25, 0.3) is 0 Å². The maximum Gasteiger partial charge on any atom is 0.0916 e. The molecule has 1 aliphatic heterocycles. The number of aliphatic hydroxyl groups excluding tert-OH is 1. The molecule has 1 aromatic rings. The summed E-state index contributed by atoms with van der Waals surface area (Å²) in [6.45, 7) is 14.2. The third-order valence-electron chi connectivity index (χ3n) is 4.35. The van der Waals surface area contributed by atoms with Crippen LogP contribution in [-0.2, 0) is 5.41 Å². The van der Waals surface area contributed by atoms with Gasteiger partial charge in [-0.25, -0.2) is 0 Å². The van der Waals surface area contributed by atoms with Gasteiger partial charge in [-0.15, -0.1) is 0 Å². The van der Waals surface area contributed by atoms with Crippen LogP contribution >= 0.6 is 0 Å². The van der Waals surface area contributed by atoms with Gasteiger partial charge in [0.2, 0.25) is 0 Å². The fourth-order valence-electron chi connectivity index (χ4n) is 2.94. The van der Waals surface area contributed by atoms with Crippen LogP contribution in [0.2, 0.25) is 0 Å². The summed E-state index contributed by atoms with van der Waals surface area (Å²) in [6.07, 6.45) is 0.848. The van der Waals surface area contributed by atoms with Crippen molar-refractivity contribution in [1.82, 2.24) is 4.90 Å². The third kappa shape index (κ3) is 3.83. The first-order chi connectivity index (χ1) is 9.17. The van der Waals surface area contributed by atoms with Crippen molar-refractivity contribution in [3.63, 3.8) is 0 Å². The van der Waals surface area contributed by atoms with E-state index in [9.17, 15) is 5.11 Å². The summed E-state index contributed by atoms with van der Waals surface area (Å²) in [7, 11) is 0. The van der Waals surface area contributed by atoms with Crippen molar-refractivity contribution >= 4 is 0 Å². The van der Waals surface area contributed by atoms with Gasteiger partial charge in [0.15, 0.2) is 0 Å². The van der Waals surface area contributed by atoms with Gasteiger partial charge in [-0.1, -0.05) is 58.9 Å². The minimum atomic E-state index is -0.377. The van der Waals surface area contributed by atoms with Crippen LogP contribution in [0.3, 0.4) is 0 Å². The molecule has 20 heavy (non-hydrogen) atoms. The van der Waals surface area contributed by atoms with E-state index in [1.165, 1.54) is 12.0 Å². The Morgan fingerprint density at radius 2 is 1.80 bits per heavy atom. The molecule has 1 aliphatic rings. The predicted octanol–water partition coefficient (Wildman–Crippen LogP) is 3.75. The quantitative estimate of drug-likeness (QED) is 0.908. The first-order valence-electron chi connectivity index (χ1n) is 7.68. The molecule has 0 aliphatic carbocycles. The molecular formula is C18H29NO. The van der Waals surface area contributed by atoms with Gasteiger partial charge in [-0.2, -0.15) is 0 Å². The first-order valence-corrected chi connectivity index (χ1v) is 7.68. The van der Waals surface area contributed by atoms with Gasteiger partial charge < -0.3 is 5.11 Å². The van der Waals surface area contributed by atoms with Crippen LogP contribution in [0.1, 0.15) is 58.3 Å². The van der Waals surface area contributed by atoms with Gasteiger partial charge >= 0.3 is 0 Å². The van der Waals surface area contributed by atoms with Gasteiger partial charge in [0.25, 0.3) is 0 Å². The molecule has 1 unspecified atom stereocenters. The van der Waals surface area contributed by atoms with Crippen LogP contribution in [0.5, 0.6) is 0 Å². The highest BCUT2D eigenvalue weighted by molar-refractivity contribution is 5.28. The van der Waals surface area contributed by atoms with Crippen molar-refractivity contribution in [3.05, 3.63) is 35.4 Å². The molecule has 1 saturated heterocycles. The van der Waals surface area contributed by atoms with Crippen molar-refractivity contribution in [3.8, 4) is 0 Å². The van der Waals surface area contributed by atoms with Crippen molar-refractivity contribution < 1.29 is 5.11 Å². The lowest BCUT2D eigenvalue weighted by molar-refractivity contribution is 0.121. The molecule has 0 spiro atoms. The second kappa shape index (κ2) is 5.50. The highest BCUT2D eigenvalue weighted by atomic mass is 16.3. The zero-order valence-electron chi connectivity index (χ0n) is 13.6. The average Bonchev–Trinajstić information content (AvgIpc) is 2.67. The van der Waals surface area contributed by atoms with E-state index in [2.05, 4.69) is 63.8 Å².